The van der Waals surface area contributed by atoms with Crippen LogP contribution in [0.1, 0.15) is 40.2 Å². The van der Waals surface area contributed by atoms with Crippen LogP contribution >= 0.6 is 0 Å². The predicted molar refractivity (Wildman–Crippen MR) is 170 cm³/mol. The van der Waals surface area contributed by atoms with Crippen molar-refractivity contribution < 1.29 is 37.3 Å². The monoisotopic (exact) mass is 648 g/mol. The number of fused-ring (bicyclic) bond motifs is 1. The fourth-order valence-corrected chi connectivity index (χ4v) is 6.52. The lowest BCUT2D eigenvalue weighted by atomic mass is 9.85. The molecule has 2 aromatic rings. The van der Waals surface area contributed by atoms with Gasteiger partial charge in [-0.1, -0.05) is 65.0 Å². The SMILES string of the molecule is COCCNCC(=O)N[C@H](C(=O)N[C@@H](Cc1ccccc1)C(O)CN(CC(C)C)S(=O)(=O)c1ccc2c(c1)OCO2)C(C)(C)C. The Labute approximate surface area is 266 Å². The van der Waals surface area contributed by atoms with Crippen molar-refractivity contribution in [3.8, 4) is 11.5 Å². The van der Waals surface area contributed by atoms with E-state index in [1.165, 1.54) is 16.4 Å². The molecular weight excluding hydrogens is 600 g/mol. The van der Waals surface area contributed by atoms with Crippen molar-refractivity contribution >= 4 is 21.8 Å². The van der Waals surface area contributed by atoms with Crippen molar-refractivity contribution in [1.82, 2.24) is 20.3 Å². The van der Waals surface area contributed by atoms with E-state index in [1.807, 2.05) is 65.0 Å². The highest BCUT2D eigenvalue weighted by Gasteiger charge is 2.37. The summed E-state index contributed by atoms with van der Waals surface area (Å²) in [6, 6.07) is 11.9. The van der Waals surface area contributed by atoms with E-state index in [0.717, 1.165) is 5.56 Å². The summed E-state index contributed by atoms with van der Waals surface area (Å²) < 4.78 is 44.7. The number of nitrogens with one attached hydrogen (secondary N) is 3. The van der Waals surface area contributed by atoms with Gasteiger partial charge in [0.25, 0.3) is 0 Å². The summed E-state index contributed by atoms with van der Waals surface area (Å²) in [4.78, 5) is 26.5. The van der Waals surface area contributed by atoms with Crippen LogP contribution < -0.4 is 25.4 Å². The van der Waals surface area contributed by atoms with Gasteiger partial charge in [-0.25, -0.2) is 8.42 Å². The number of ether oxygens (including phenoxy) is 3. The molecule has 3 rings (SSSR count). The largest absolute Gasteiger partial charge is 0.454 e. The van der Waals surface area contributed by atoms with Gasteiger partial charge in [0, 0.05) is 32.8 Å². The van der Waals surface area contributed by atoms with Gasteiger partial charge in [-0.2, -0.15) is 4.31 Å². The van der Waals surface area contributed by atoms with Crippen molar-refractivity contribution in [2.75, 3.05) is 46.7 Å². The second-order valence-electron chi connectivity index (χ2n) is 12.6. The average Bonchev–Trinajstić information content (AvgIpc) is 3.45. The van der Waals surface area contributed by atoms with E-state index in [2.05, 4.69) is 16.0 Å². The van der Waals surface area contributed by atoms with E-state index in [-0.39, 0.29) is 49.6 Å². The van der Waals surface area contributed by atoms with E-state index >= 15 is 0 Å². The maximum atomic E-state index is 13.9. The van der Waals surface area contributed by atoms with Crippen molar-refractivity contribution in [1.29, 1.82) is 0 Å². The Balaban J connectivity index is 1.85. The van der Waals surface area contributed by atoms with Gasteiger partial charge in [0.1, 0.15) is 6.04 Å². The van der Waals surface area contributed by atoms with E-state index in [4.69, 9.17) is 14.2 Å². The molecule has 0 aliphatic carbocycles. The van der Waals surface area contributed by atoms with Gasteiger partial charge < -0.3 is 35.3 Å². The molecule has 2 amide bonds. The van der Waals surface area contributed by atoms with Crippen LogP contribution in [0.2, 0.25) is 0 Å². The Kier molecular flexibility index (Phi) is 13.2. The number of carbonyl (C=O) groups excluding carboxylic acids is 2. The highest BCUT2D eigenvalue weighted by atomic mass is 32.2. The van der Waals surface area contributed by atoms with E-state index in [9.17, 15) is 23.1 Å². The van der Waals surface area contributed by atoms with E-state index in [1.54, 1.807) is 13.2 Å². The lowest BCUT2D eigenvalue weighted by Crippen LogP contribution is -2.59. The first-order valence-corrected chi connectivity index (χ1v) is 16.6. The van der Waals surface area contributed by atoms with Gasteiger partial charge >= 0.3 is 0 Å². The number of sulfonamides is 1. The number of methoxy groups -OCH3 is 1. The highest BCUT2D eigenvalue weighted by molar-refractivity contribution is 7.89. The molecule has 45 heavy (non-hydrogen) atoms. The first-order valence-electron chi connectivity index (χ1n) is 15.1. The second kappa shape index (κ2) is 16.4. The number of hydrogen-bond donors (Lipinski definition) is 4. The number of aliphatic hydroxyl groups is 1. The molecule has 1 heterocycles. The average molecular weight is 649 g/mol. The van der Waals surface area contributed by atoms with Crippen LogP contribution in [0.5, 0.6) is 11.5 Å². The van der Waals surface area contributed by atoms with E-state index < -0.39 is 39.5 Å². The van der Waals surface area contributed by atoms with Gasteiger partial charge in [0.15, 0.2) is 11.5 Å². The number of amides is 2. The Hall–Kier alpha value is -3.23. The fraction of sp³-hybridized carbons (Fsp3) is 0.562. The molecule has 13 heteroatoms. The zero-order valence-electron chi connectivity index (χ0n) is 27.0. The molecule has 0 saturated heterocycles. The molecule has 3 atom stereocenters. The molecule has 2 aromatic carbocycles. The number of carbonyl (C=O) groups is 2. The van der Waals surface area contributed by atoms with Crippen LogP contribution in [0, 0.1) is 11.3 Å². The van der Waals surface area contributed by atoms with Crippen molar-refractivity contribution in [3.63, 3.8) is 0 Å². The Morgan fingerprint density at radius 3 is 2.36 bits per heavy atom. The Bertz CT molecular complexity index is 1360. The summed E-state index contributed by atoms with van der Waals surface area (Å²) in [5.41, 5.74) is 0.176. The molecule has 0 bridgehead atoms. The minimum Gasteiger partial charge on any atom is -0.454 e. The smallest absolute Gasteiger partial charge is 0.243 e. The standard InChI is InChI=1S/C32H48N4O8S/c1-22(2)19-36(45(40,41)24-12-13-27-28(17-24)44-21-43-27)20-26(37)25(16-23-10-8-7-9-11-23)34-31(39)30(32(3,4)5)35-29(38)18-33-14-15-42-6/h7-13,17,22,25-26,30,33,37H,14-16,18-21H2,1-6H3,(H,34,39)(H,35,38)/t25-,26?,30+/m0/s1. The summed E-state index contributed by atoms with van der Waals surface area (Å²) in [5.74, 6) is -0.108. The van der Waals surface area contributed by atoms with Gasteiger partial charge in [-0.15, -0.1) is 0 Å². The summed E-state index contributed by atoms with van der Waals surface area (Å²) in [6.45, 7) is 10.1. The normalized spacial score (nSPS) is 15.1. The molecule has 0 spiro atoms. The van der Waals surface area contributed by atoms with Gasteiger partial charge in [0.05, 0.1) is 30.2 Å². The minimum atomic E-state index is -4.06. The molecule has 250 valence electrons. The molecule has 1 aliphatic rings. The molecule has 12 nitrogen and oxygen atoms in total. The van der Waals surface area contributed by atoms with Crippen LogP contribution in [-0.4, -0.2) is 94.5 Å². The molecule has 1 unspecified atom stereocenters. The van der Waals surface area contributed by atoms with Crippen molar-refractivity contribution in [3.05, 3.63) is 54.1 Å². The lowest BCUT2D eigenvalue weighted by Gasteiger charge is -2.34. The zero-order chi connectivity index (χ0) is 33.2. The van der Waals surface area contributed by atoms with Gasteiger partial charge in [-0.05, 0) is 35.4 Å². The number of rotatable bonds is 17. The first kappa shape index (κ1) is 36.2. The topological polar surface area (TPSA) is 156 Å². The first-order chi connectivity index (χ1) is 21.2. The summed E-state index contributed by atoms with van der Waals surface area (Å²) in [5, 5.41) is 20.3. The van der Waals surface area contributed by atoms with E-state index in [0.29, 0.717) is 24.7 Å². The molecule has 0 aromatic heterocycles. The van der Waals surface area contributed by atoms with Crippen LogP contribution in [0.25, 0.3) is 0 Å². The molecule has 0 saturated carbocycles. The van der Waals surface area contributed by atoms with Gasteiger partial charge in [-0.3, -0.25) is 9.59 Å². The summed E-state index contributed by atoms with van der Waals surface area (Å²) in [6.07, 6.45) is -1.06. The number of aliphatic hydroxyl groups excluding tert-OH is 1. The number of benzene rings is 2. The third-order valence-corrected chi connectivity index (χ3v) is 9.06. The molecule has 4 N–H and O–H groups in total. The van der Waals surface area contributed by atoms with Crippen LogP contribution in [-0.2, 0) is 30.8 Å². The third-order valence-electron chi connectivity index (χ3n) is 7.23. The number of hydrogen-bond acceptors (Lipinski definition) is 9. The second-order valence-corrected chi connectivity index (χ2v) is 14.6. The quantitative estimate of drug-likeness (QED) is 0.188. The molecular formula is C32H48N4O8S. The minimum absolute atomic E-state index is 0.00116. The molecule has 1 aliphatic heterocycles. The third kappa shape index (κ3) is 10.7. The molecule has 0 fully saturated rings. The lowest BCUT2D eigenvalue weighted by molar-refractivity contribution is -0.132. The molecule has 0 radical (unpaired) electrons. The van der Waals surface area contributed by atoms with Crippen molar-refractivity contribution in [2.45, 2.75) is 64.1 Å². The Morgan fingerprint density at radius 1 is 1.02 bits per heavy atom. The number of nitrogens with zero attached hydrogens (tertiary/aromatic N) is 1. The highest BCUT2D eigenvalue weighted by Crippen LogP contribution is 2.35. The van der Waals surface area contributed by atoms with Crippen LogP contribution in [0.3, 0.4) is 0 Å². The maximum Gasteiger partial charge on any atom is 0.243 e. The predicted octanol–water partition coefficient (Wildman–Crippen LogP) is 1.92. The maximum absolute atomic E-state index is 13.9. The Morgan fingerprint density at radius 2 is 1.71 bits per heavy atom. The fourth-order valence-electron chi connectivity index (χ4n) is 4.88. The zero-order valence-corrected chi connectivity index (χ0v) is 27.9. The van der Waals surface area contributed by atoms with Gasteiger partial charge in [0.2, 0.25) is 28.6 Å². The summed E-state index contributed by atoms with van der Waals surface area (Å²) >= 11 is 0. The van der Waals surface area contributed by atoms with Crippen LogP contribution in [0.4, 0.5) is 0 Å². The summed E-state index contributed by atoms with van der Waals surface area (Å²) in [7, 11) is -2.50. The van der Waals surface area contributed by atoms with Crippen molar-refractivity contribution in [2.24, 2.45) is 11.3 Å². The van der Waals surface area contributed by atoms with Crippen LogP contribution in [0.15, 0.2) is 53.4 Å².